The Labute approximate surface area is 155 Å². The Morgan fingerprint density at radius 1 is 1.04 bits per heavy atom. The van der Waals surface area contributed by atoms with Crippen molar-refractivity contribution < 1.29 is 14.3 Å². The number of aryl methyl sites for hydroxylation is 1. The molecular weight excluding hydrogens is 344 g/mol. The minimum atomic E-state index is -0.713. The molecule has 1 aromatic heterocycles. The van der Waals surface area contributed by atoms with Gasteiger partial charge in [0, 0.05) is 11.6 Å². The summed E-state index contributed by atoms with van der Waals surface area (Å²) < 4.78 is 4.95. The van der Waals surface area contributed by atoms with Crippen molar-refractivity contribution in [2.75, 3.05) is 0 Å². The van der Waals surface area contributed by atoms with E-state index in [2.05, 4.69) is 10.5 Å². The van der Waals surface area contributed by atoms with Crippen molar-refractivity contribution in [3.63, 3.8) is 0 Å². The third kappa shape index (κ3) is 4.12. The molecule has 6 heteroatoms. The Morgan fingerprint density at radius 2 is 1.67 bits per heavy atom. The van der Waals surface area contributed by atoms with Crippen LogP contribution in [-0.4, -0.2) is 16.7 Å². The number of aromatic hydroxyl groups is 1. The third-order valence-electron chi connectivity index (χ3n) is 4.00. The second kappa shape index (κ2) is 7.70. The van der Waals surface area contributed by atoms with Gasteiger partial charge < -0.3 is 9.52 Å². The van der Waals surface area contributed by atoms with Crippen molar-refractivity contribution >= 4 is 11.6 Å². The van der Waals surface area contributed by atoms with Gasteiger partial charge in [-0.25, -0.2) is 10.2 Å². The van der Waals surface area contributed by atoms with Crippen LogP contribution in [0.4, 0.5) is 0 Å². The first-order chi connectivity index (χ1) is 13.0. The molecule has 2 aromatic carbocycles. The van der Waals surface area contributed by atoms with Crippen LogP contribution in [0.15, 0.2) is 75.0 Å². The summed E-state index contributed by atoms with van der Waals surface area (Å²) in [7, 11) is 0. The first-order valence-electron chi connectivity index (χ1n) is 8.30. The number of carbonyl (C=O) groups excluding carboxylic acids is 1. The van der Waals surface area contributed by atoms with Crippen LogP contribution < -0.4 is 11.1 Å². The van der Waals surface area contributed by atoms with Crippen molar-refractivity contribution in [2.24, 2.45) is 5.10 Å². The highest BCUT2D eigenvalue weighted by Crippen LogP contribution is 2.19. The van der Waals surface area contributed by atoms with E-state index in [0.29, 0.717) is 5.56 Å². The molecule has 0 saturated carbocycles. The third-order valence-corrected chi connectivity index (χ3v) is 4.00. The summed E-state index contributed by atoms with van der Waals surface area (Å²) in [6.45, 7) is 3.05. The number of amides is 1. The predicted octanol–water partition coefficient (Wildman–Crippen LogP) is 3.47. The van der Waals surface area contributed by atoms with Crippen LogP contribution in [0.2, 0.25) is 0 Å². The molecule has 0 unspecified atom stereocenters. The second-order valence-corrected chi connectivity index (χ2v) is 5.99. The minimum Gasteiger partial charge on any atom is -0.507 e. The average Bonchev–Trinajstić information content (AvgIpc) is 2.66. The fourth-order valence-corrected chi connectivity index (χ4v) is 2.63. The molecule has 6 nitrogen and oxygen atoms in total. The molecular formula is C21H18N2O4. The molecule has 0 radical (unpaired) electrons. The highest BCUT2D eigenvalue weighted by molar-refractivity contribution is 6.02. The molecule has 0 aliphatic heterocycles. The summed E-state index contributed by atoms with van der Waals surface area (Å²) in [6.07, 6.45) is 0. The highest BCUT2D eigenvalue weighted by Gasteiger charge is 2.13. The molecule has 0 bridgehead atoms. The molecule has 136 valence electrons. The van der Waals surface area contributed by atoms with Crippen LogP contribution in [0.5, 0.6) is 5.75 Å². The summed E-state index contributed by atoms with van der Waals surface area (Å²) in [5.41, 5.74) is 4.21. The fraction of sp³-hybridized carbons (Fsp3) is 0.0952. The number of hydrogen-bond acceptors (Lipinski definition) is 5. The van der Waals surface area contributed by atoms with E-state index in [4.69, 9.17) is 4.42 Å². The highest BCUT2D eigenvalue weighted by atomic mass is 16.4. The first kappa shape index (κ1) is 18.1. The van der Waals surface area contributed by atoms with Gasteiger partial charge in [0.25, 0.3) is 5.91 Å². The van der Waals surface area contributed by atoms with Crippen molar-refractivity contribution in [1.82, 2.24) is 5.43 Å². The lowest BCUT2D eigenvalue weighted by Gasteiger charge is -2.06. The van der Waals surface area contributed by atoms with Gasteiger partial charge in [-0.05, 0) is 37.1 Å². The van der Waals surface area contributed by atoms with Gasteiger partial charge in [-0.3, -0.25) is 4.79 Å². The first-order valence-corrected chi connectivity index (χ1v) is 8.30. The molecule has 2 N–H and O–H groups in total. The number of hydrogen-bond donors (Lipinski definition) is 2. The summed E-state index contributed by atoms with van der Waals surface area (Å²) in [6, 6.07) is 18.2. The molecule has 3 rings (SSSR count). The zero-order chi connectivity index (χ0) is 19.4. The van der Waals surface area contributed by atoms with Crippen LogP contribution in [0, 0.1) is 6.92 Å². The van der Waals surface area contributed by atoms with Gasteiger partial charge in [0.05, 0.1) is 5.71 Å². The van der Waals surface area contributed by atoms with Gasteiger partial charge in [0.2, 0.25) is 0 Å². The Kier molecular flexibility index (Phi) is 5.17. The van der Waals surface area contributed by atoms with E-state index in [1.54, 1.807) is 19.1 Å². The lowest BCUT2D eigenvalue weighted by atomic mass is 10.0. The van der Waals surface area contributed by atoms with Gasteiger partial charge >= 0.3 is 5.63 Å². The standard InChI is InChI=1S/C21H18N2O4/c1-13-12-18(24)19(21(26)27-13)14(2)22-23-20(25)17-10-8-16(9-11-17)15-6-4-3-5-7-15/h3-12,24H,1-2H3,(H,23,25). The monoisotopic (exact) mass is 362 g/mol. The maximum Gasteiger partial charge on any atom is 0.348 e. The zero-order valence-electron chi connectivity index (χ0n) is 14.9. The van der Waals surface area contributed by atoms with Crippen LogP contribution in [0.3, 0.4) is 0 Å². The molecule has 27 heavy (non-hydrogen) atoms. The van der Waals surface area contributed by atoms with Crippen LogP contribution >= 0.6 is 0 Å². The molecule has 0 saturated heterocycles. The summed E-state index contributed by atoms with van der Waals surface area (Å²) >= 11 is 0. The van der Waals surface area contributed by atoms with Crippen molar-refractivity contribution in [2.45, 2.75) is 13.8 Å². The average molecular weight is 362 g/mol. The number of rotatable bonds is 4. The summed E-state index contributed by atoms with van der Waals surface area (Å²) in [4.78, 5) is 24.1. The molecule has 0 aliphatic carbocycles. The number of nitrogens with zero attached hydrogens (tertiary/aromatic N) is 1. The second-order valence-electron chi connectivity index (χ2n) is 5.99. The number of benzene rings is 2. The molecule has 0 aliphatic rings. The minimum absolute atomic E-state index is 0.0830. The van der Waals surface area contributed by atoms with Crippen LogP contribution in [-0.2, 0) is 0 Å². The largest absolute Gasteiger partial charge is 0.507 e. The van der Waals surface area contributed by atoms with Crippen molar-refractivity contribution in [3.8, 4) is 16.9 Å². The summed E-state index contributed by atoms with van der Waals surface area (Å²) in [5, 5.41) is 13.8. The predicted molar refractivity (Wildman–Crippen MR) is 103 cm³/mol. The molecule has 0 atom stereocenters. The Hall–Kier alpha value is -3.67. The Bertz CT molecular complexity index is 1050. The molecule has 1 amide bonds. The van der Waals surface area contributed by atoms with E-state index in [1.807, 2.05) is 42.5 Å². The van der Waals surface area contributed by atoms with E-state index in [9.17, 15) is 14.7 Å². The van der Waals surface area contributed by atoms with Crippen molar-refractivity contribution in [3.05, 3.63) is 88.0 Å². The van der Waals surface area contributed by atoms with E-state index < -0.39 is 11.5 Å². The Balaban J connectivity index is 1.76. The Morgan fingerprint density at radius 3 is 2.30 bits per heavy atom. The van der Waals surface area contributed by atoms with E-state index in [-0.39, 0.29) is 22.8 Å². The van der Waals surface area contributed by atoms with E-state index >= 15 is 0 Å². The summed E-state index contributed by atoms with van der Waals surface area (Å²) in [5.74, 6) is -0.381. The topological polar surface area (TPSA) is 91.9 Å². The van der Waals surface area contributed by atoms with Gasteiger partial charge in [-0.2, -0.15) is 5.10 Å². The number of hydrazone groups is 1. The maximum absolute atomic E-state index is 12.3. The molecule has 0 spiro atoms. The van der Waals surface area contributed by atoms with E-state index in [1.165, 1.54) is 13.0 Å². The lowest BCUT2D eigenvalue weighted by molar-refractivity contribution is 0.0955. The van der Waals surface area contributed by atoms with Gasteiger partial charge in [0.1, 0.15) is 17.1 Å². The molecule has 0 fully saturated rings. The number of nitrogens with one attached hydrogen (secondary N) is 1. The zero-order valence-corrected chi connectivity index (χ0v) is 14.9. The maximum atomic E-state index is 12.3. The molecule has 3 aromatic rings. The van der Waals surface area contributed by atoms with Gasteiger partial charge in [-0.1, -0.05) is 42.5 Å². The molecule has 1 heterocycles. The number of carbonyl (C=O) groups is 1. The smallest absolute Gasteiger partial charge is 0.348 e. The van der Waals surface area contributed by atoms with Crippen LogP contribution in [0.1, 0.15) is 28.6 Å². The van der Waals surface area contributed by atoms with Crippen LogP contribution in [0.25, 0.3) is 11.1 Å². The fourth-order valence-electron chi connectivity index (χ4n) is 2.63. The van der Waals surface area contributed by atoms with Crippen molar-refractivity contribution in [1.29, 1.82) is 0 Å². The lowest BCUT2D eigenvalue weighted by Crippen LogP contribution is -2.21. The normalized spacial score (nSPS) is 11.3. The SMILES string of the molecule is CC(=NNC(=O)c1ccc(-c2ccccc2)cc1)c1c(O)cc(C)oc1=O. The van der Waals surface area contributed by atoms with E-state index in [0.717, 1.165) is 11.1 Å². The van der Waals surface area contributed by atoms with Gasteiger partial charge in [0.15, 0.2) is 0 Å². The van der Waals surface area contributed by atoms with Gasteiger partial charge in [-0.15, -0.1) is 0 Å². The quantitative estimate of drug-likeness (QED) is 0.549.